The molecule has 2 aromatic carbocycles. The second-order valence-corrected chi connectivity index (χ2v) is 5.74. The van der Waals surface area contributed by atoms with Crippen molar-refractivity contribution in [2.75, 3.05) is 23.3 Å². The van der Waals surface area contributed by atoms with Gasteiger partial charge >= 0.3 is 6.03 Å². The van der Waals surface area contributed by atoms with E-state index in [4.69, 9.17) is 11.6 Å². The predicted octanol–water partition coefficient (Wildman–Crippen LogP) is 3.03. The lowest BCUT2D eigenvalue weighted by molar-refractivity contribution is -0.385. The standard InChI is InChI=1S/C16H13ClN4O4/c17-10-4-5-13(14(8-10)21(24)25)15(22)19-11-2-1-3-12(9-11)20-7-6-18-16(20)23/h1-5,8-9H,6-7H2,(H,18,23)(H,19,22). The van der Waals surface area contributed by atoms with Crippen LogP contribution in [0.4, 0.5) is 21.9 Å². The van der Waals surface area contributed by atoms with E-state index in [1.807, 2.05) is 0 Å². The Morgan fingerprint density at radius 3 is 2.76 bits per heavy atom. The Bertz CT molecular complexity index is 871. The van der Waals surface area contributed by atoms with Crippen molar-refractivity contribution >= 4 is 40.6 Å². The van der Waals surface area contributed by atoms with E-state index in [1.165, 1.54) is 12.1 Å². The molecule has 0 aromatic heterocycles. The van der Waals surface area contributed by atoms with Gasteiger partial charge in [0.1, 0.15) is 5.56 Å². The summed E-state index contributed by atoms with van der Waals surface area (Å²) in [4.78, 5) is 36.1. The van der Waals surface area contributed by atoms with Gasteiger partial charge in [-0.1, -0.05) is 17.7 Å². The molecular weight excluding hydrogens is 348 g/mol. The SMILES string of the molecule is O=C(Nc1cccc(N2CCNC2=O)c1)c1ccc(Cl)cc1[N+](=O)[O-]. The second-order valence-electron chi connectivity index (χ2n) is 5.31. The summed E-state index contributed by atoms with van der Waals surface area (Å²) in [6.45, 7) is 1.07. The summed E-state index contributed by atoms with van der Waals surface area (Å²) in [6.07, 6.45) is 0. The number of benzene rings is 2. The molecule has 0 spiro atoms. The fraction of sp³-hybridized carbons (Fsp3) is 0.125. The van der Waals surface area contributed by atoms with E-state index in [0.29, 0.717) is 24.5 Å². The van der Waals surface area contributed by atoms with Crippen LogP contribution in [0.1, 0.15) is 10.4 Å². The van der Waals surface area contributed by atoms with Crippen LogP contribution in [-0.2, 0) is 0 Å². The zero-order valence-corrected chi connectivity index (χ0v) is 13.6. The van der Waals surface area contributed by atoms with Crippen LogP contribution in [0.25, 0.3) is 0 Å². The lowest BCUT2D eigenvalue weighted by Crippen LogP contribution is -2.27. The highest BCUT2D eigenvalue weighted by Crippen LogP contribution is 2.25. The number of nitro benzene ring substituents is 1. The number of rotatable bonds is 4. The van der Waals surface area contributed by atoms with Crippen LogP contribution in [0.15, 0.2) is 42.5 Å². The van der Waals surface area contributed by atoms with Gasteiger partial charge in [-0.3, -0.25) is 19.8 Å². The van der Waals surface area contributed by atoms with Gasteiger partial charge in [0.25, 0.3) is 11.6 Å². The van der Waals surface area contributed by atoms with Gasteiger partial charge in [-0.05, 0) is 30.3 Å². The summed E-state index contributed by atoms with van der Waals surface area (Å²) < 4.78 is 0. The van der Waals surface area contributed by atoms with Crippen molar-refractivity contribution in [3.05, 3.63) is 63.2 Å². The highest BCUT2D eigenvalue weighted by molar-refractivity contribution is 6.31. The van der Waals surface area contributed by atoms with E-state index in [0.717, 1.165) is 6.07 Å². The Morgan fingerprint density at radius 2 is 2.08 bits per heavy atom. The molecule has 8 nitrogen and oxygen atoms in total. The van der Waals surface area contributed by atoms with Crippen LogP contribution in [0.3, 0.4) is 0 Å². The fourth-order valence-electron chi connectivity index (χ4n) is 2.52. The minimum atomic E-state index is -0.661. The molecule has 2 aromatic rings. The first kappa shape index (κ1) is 16.7. The number of carbonyl (C=O) groups excluding carboxylic acids is 2. The molecule has 3 rings (SSSR count). The maximum absolute atomic E-state index is 12.4. The molecule has 128 valence electrons. The molecule has 1 heterocycles. The summed E-state index contributed by atoms with van der Waals surface area (Å²) >= 11 is 5.75. The van der Waals surface area contributed by atoms with E-state index in [1.54, 1.807) is 29.2 Å². The average molecular weight is 361 g/mol. The highest BCUT2D eigenvalue weighted by atomic mass is 35.5. The zero-order valence-electron chi connectivity index (χ0n) is 12.9. The molecule has 1 saturated heterocycles. The summed E-state index contributed by atoms with van der Waals surface area (Å²) in [5.41, 5.74) is 0.573. The van der Waals surface area contributed by atoms with Gasteiger partial charge in [-0.2, -0.15) is 0 Å². The van der Waals surface area contributed by atoms with Gasteiger partial charge in [0.05, 0.1) is 4.92 Å². The van der Waals surface area contributed by atoms with Gasteiger partial charge < -0.3 is 10.6 Å². The lowest BCUT2D eigenvalue weighted by atomic mass is 10.1. The predicted molar refractivity (Wildman–Crippen MR) is 93.2 cm³/mol. The minimum Gasteiger partial charge on any atom is -0.336 e. The van der Waals surface area contributed by atoms with E-state index in [9.17, 15) is 19.7 Å². The molecule has 1 fully saturated rings. The normalized spacial score (nSPS) is 13.5. The van der Waals surface area contributed by atoms with Crippen LogP contribution in [0.5, 0.6) is 0 Å². The second kappa shape index (κ2) is 6.78. The molecule has 9 heteroatoms. The van der Waals surface area contributed by atoms with Gasteiger partial charge in [0, 0.05) is 35.6 Å². The molecule has 25 heavy (non-hydrogen) atoms. The maximum atomic E-state index is 12.4. The van der Waals surface area contributed by atoms with Crippen LogP contribution < -0.4 is 15.5 Å². The first-order chi connectivity index (χ1) is 12.0. The quantitative estimate of drug-likeness (QED) is 0.645. The first-order valence-electron chi connectivity index (χ1n) is 7.36. The summed E-state index contributed by atoms with van der Waals surface area (Å²) in [6, 6.07) is 10.3. The Morgan fingerprint density at radius 1 is 1.28 bits per heavy atom. The van der Waals surface area contributed by atoms with E-state index in [2.05, 4.69) is 10.6 Å². The Balaban J connectivity index is 1.84. The largest absolute Gasteiger partial charge is 0.336 e. The molecule has 3 amide bonds. The molecule has 1 aliphatic rings. The van der Waals surface area contributed by atoms with Crippen molar-refractivity contribution in [2.24, 2.45) is 0 Å². The van der Waals surface area contributed by atoms with Crippen molar-refractivity contribution in [1.82, 2.24) is 5.32 Å². The minimum absolute atomic E-state index is 0.0984. The van der Waals surface area contributed by atoms with E-state index < -0.39 is 10.8 Å². The van der Waals surface area contributed by atoms with E-state index in [-0.39, 0.29) is 22.3 Å². The lowest BCUT2D eigenvalue weighted by Gasteiger charge is -2.15. The third-order valence-electron chi connectivity index (χ3n) is 3.67. The number of nitrogens with one attached hydrogen (secondary N) is 2. The number of carbonyl (C=O) groups is 2. The van der Waals surface area contributed by atoms with Crippen molar-refractivity contribution < 1.29 is 14.5 Å². The van der Waals surface area contributed by atoms with Crippen LogP contribution in [0, 0.1) is 10.1 Å². The third kappa shape index (κ3) is 3.53. The molecule has 2 N–H and O–H groups in total. The monoisotopic (exact) mass is 360 g/mol. The number of nitrogens with zero attached hydrogens (tertiary/aromatic N) is 2. The number of hydrogen-bond donors (Lipinski definition) is 2. The molecule has 0 unspecified atom stereocenters. The number of hydrogen-bond acceptors (Lipinski definition) is 4. The molecule has 0 aliphatic carbocycles. The average Bonchev–Trinajstić information content (AvgIpc) is 3.01. The molecule has 1 aliphatic heterocycles. The van der Waals surface area contributed by atoms with Crippen molar-refractivity contribution in [3.63, 3.8) is 0 Å². The zero-order chi connectivity index (χ0) is 18.0. The van der Waals surface area contributed by atoms with Crippen LogP contribution in [0.2, 0.25) is 5.02 Å². The van der Waals surface area contributed by atoms with Crippen LogP contribution >= 0.6 is 11.6 Å². The third-order valence-corrected chi connectivity index (χ3v) is 3.91. The van der Waals surface area contributed by atoms with Gasteiger partial charge in [0.2, 0.25) is 0 Å². The summed E-state index contributed by atoms with van der Waals surface area (Å²) in [5.74, 6) is -0.633. The fourth-order valence-corrected chi connectivity index (χ4v) is 2.68. The van der Waals surface area contributed by atoms with Crippen molar-refractivity contribution in [3.8, 4) is 0 Å². The maximum Gasteiger partial charge on any atom is 0.321 e. The molecular formula is C16H13ClN4O4. The van der Waals surface area contributed by atoms with Crippen molar-refractivity contribution in [1.29, 1.82) is 0 Å². The Kier molecular flexibility index (Phi) is 4.53. The smallest absolute Gasteiger partial charge is 0.321 e. The molecule has 0 atom stereocenters. The number of anilines is 2. The molecule has 0 saturated carbocycles. The highest BCUT2D eigenvalue weighted by Gasteiger charge is 2.23. The number of nitro groups is 1. The molecule has 0 radical (unpaired) electrons. The number of urea groups is 1. The summed E-state index contributed by atoms with van der Waals surface area (Å²) in [7, 11) is 0. The number of halogens is 1. The summed E-state index contributed by atoms with van der Waals surface area (Å²) in [5, 5.41) is 16.6. The van der Waals surface area contributed by atoms with E-state index >= 15 is 0 Å². The van der Waals surface area contributed by atoms with Crippen molar-refractivity contribution in [2.45, 2.75) is 0 Å². The Labute approximate surface area is 147 Å². The van der Waals surface area contributed by atoms with Gasteiger partial charge in [-0.15, -0.1) is 0 Å². The topological polar surface area (TPSA) is 105 Å². The number of amides is 3. The van der Waals surface area contributed by atoms with Gasteiger partial charge in [-0.25, -0.2) is 4.79 Å². The van der Waals surface area contributed by atoms with Crippen LogP contribution in [-0.4, -0.2) is 30.0 Å². The molecule has 0 bridgehead atoms. The Hall–Kier alpha value is -3.13. The first-order valence-corrected chi connectivity index (χ1v) is 7.74. The van der Waals surface area contributed by atoms with Gasteiger partial charge in [0.15, 0.2) is 0 Å².